The zero-order valence-electron chi connectivity index (χ0n) is 5.92. The van der Waals surface area contributed by atoms with Gasteiger partial charge in [-0.2, -0.15) is 0 Å². The van der Waals surface area contributed by atoms with E-state index in [1.807, 2.05) is 0 Å². The number of ether oxygens (including phenoxy) is 1. The van der Waals surface area contributed by atoms with Crippen molar-refractivity contribution in [1.29, 1.82) is 0 Å². The van der Waals surface area contributed by atoms with Crippen molar-refractivity contribution in [3.8, 4) is 0 Å². The van der Waals surface area contributed by atoms with Gasteiger partial charge < -0.3 is 4.74 Å². The molecule has 3 nitrogen and oxygen atoms in total. The van der Waals surface area contributed by atoms with Crippen LogP contribution in [0.25, 0.3) is 0 Å². The molecule has 1 unspecified atom stereocenters. The molecule has 1 heterocycles. The summed E-state index contributed by atoms with van der Waals surface area (Å²) in [7, 11) is 0. The monoisotopic (exact) mass is 165 g/mol. The number of hydrogen-bond acceptors (Lipinski definition) is 3. The van der Waals surface area contributed by atoms with Gasteiger partial charge in [0.15, 0.2) is 6.23 Å². The summed E-state index contributed by atoms with van der Waals surface area (Å²) < 4.78 is 4.86. The molecule has 0 radical (unpaired) electrons. The smallest absolute Gasteiger partial charge is 0.304 e. The van der Waals surface area contributed by atoms with Gasteiger partial charge in [0.05, 0.1) is 0 Å². The second-order valence-electron chi connectivity index (χ2n) is 2.19. The van der Waals surface area contributed by atoms with E-state index in [1.165, 1.54) is 6.92 Å². The highest BCUT2D eigenvalue weighted by Crippen LogP contribution is 2.05. The zero-order chi connectivity index (χ0) is 6.69. The Morgan fingerprint density at radius 1 is 1.70 bits per heavy atom. The molecular weight excluding hydrogens is 154 g/mol. The molecule has 0 aromatic heterocycles. The van der Waals surface area contributed by atoms with Crippen molar-refractivity contribution in [2.45, 2.75) is 26.0 Å². The lowest BCUT2D eigenvalue weighted by molar-refractivity contribution is -0.146. The first-order valence-corrected chi connectivity index (χ1v) is 3.19. The lowest BCUT2D eigenvalue weighted by atomic mass is 10.4. The van der Waals surface area contributed by atoms with E-state index in [4.69, 9.17) is 4.74 Å². The second kappa shape index (κ2) is 4.52. The Balaban J connectivity index is 0.000000810. The lowest BCUT2D eigenvalue weighted by Gasteiger charge is -2.08. The third-order valence-electron chi connectivity index (χ3n) is 1.32. The van der Waals surface area contributed by atoms with Crippen LogP contribution in [0.1, 0.15) is 19.8 Å². The summed E-state index contributed by atoms with van der Waals surface area (Å²) >= 11 is 0. The van der Waals surface area contributed by atoms with Gasteiger partial charge in [0.2, 0.25) is 0 Å². The molecule has 0 aliphatic carbocycles. The van der Waals surface area contributed by atoms with Crippen LogP contribution in [-0.2, 0) is 9.53 Å². The molecule has 1 rings (SSSR count). The van der Waals surface area contributed by atoms with Crippen molar-refractivity contribution < 1.29 is 9.53 Å². The largest absolute Gasteiger partial charge is 0.447 e. The van der Waals surface area contributed by atoms with Gasteiger partial charge in [-0.3, -0.25) is 10.1 Å². The molecule has 0 amide bonds. The molecular formula is C6H12ClNO2. The standard InChI is InChI=1S/C6H11NO2.ClH/c1-5(8)9-6-3-2-4-7-6;/h6-7H,2-4H2,1H3;1H. The molecule has 0 aromatic carbocycles. The van der Waals surface area contributed by atoms with Crippen LogP contribution in [0.15, 0.2) is 0 Å². The van der Waals surface area contributed by atoms with Crippen LogP contribution in [0.4, 0.5) is 0 Å². The fourth-order valence-corrected chi connectivity index (χ4v) is 0.953. The summed E-state index contributed by atoms with van der Waals surface area (Å²) in [6.45, 7) is 2.40. The quantitative estimate of drug-likeness (QED) is 0.581. The summed E-state index contributed by atoms with van der Waals surface area (Å²) in [5, 5.41) is 3.04. The Labute approximate surface area is 66.5 Å². The van der Waals surface area contributed by atoms with Crippen LogP contribution in [0.3, 0.4) is 0 Å². The predicted molar refractivity (Wildman–Crippen MR) is 40.0 cm³/mol. The maximum atomic E-state index is 10.3. The van der Waals surface area contributed by atoms with E-state index in [0.29, 0.717) is 0 Å². The van der Waals surface area contributed by atoms with Crippen LogP contribution in [0.2, 0.25) is 0 Å². The normalized spacial score (nSPS) is 23.5. The minimum atomic E-state index is -0.200. The highest BCUT2D eigenvalue weighted by Gasteiger charge is 2.15. The summed E-state index contributed by atoms with van der Waals surface area (Å²) in [6.07, 6.45) is 2.06. The topological polar surface area (TPSA) is 38.3 Å². The summed E-state index contributed by atoms with van der Waals surface area (Å²) in [5.41, 5.74) is 0. The first-order valence-electron chi connectivity index (χ1n) is 3.19. The van der Waals surface area contributed by atoms with Gasteiger partial charge in [0.25, 0.3) is 0 Å². The molecule has 1 saturated heterocycles. The number of halogens is 1. The van der Waals surface area contributed by atoms with E-state index in [1.54, 1.807) is 0 Å². The fourth-order valence-electron chi connectivity index (χ4n) is 0.953. The number of nitrogens with one attached hydrogen (secondary N) is 1. The molecule has 10 heavy (non-hydrogen) atoms. The van der Waals surface area contributed by atoms with E-state index >= 15 is 0 Å². The highest BCUT2D eigenvalue weighted by molar-refractivity contribution is 5.85. The van der Waals surface area contributed by atoms with Crippen LogP contribution in [0, 0.1) is 0 Å². The van der Waals surface area contributed by atoms with Gasteiger partial charge in [-0.25, -0.2) is 0 Å². The summed E-state index contributed by atoms with van der Waals surface area (Å²) in [6, 6.07) is 0. The van der Waals surface area contributed by atoms with Gasteiger partial charge in [0.1, 0.15) is 0 Å². The van der Waals surface area contributed by atoms with Gasteiger partial charge in [0, 0.05) is 6.92 Å². The summed E-state index contributed by atoms with van der Waals surface area (Å²) in [4.78, 5) is 10.3. The fraction of sp³-hybridized carbons (Fsp3) is 0.833. The van der Waals surface area contributed by atoms with Crippen molar-refractivity contribution in [2.75, 3.05) is 6.54 Å². The van der Waals surface area contributed by atoms with Crippen molar-refractivity contribution in [3.63, 3.8) is 0 Å². The Kier molecular flexibility index (Phi) is 4.40. The minimum Gasteiger partial charge on any atom is -0.447 e. The molecule has 60 valence electrons. The highest BCUT2D eigenvalue weighted by atomic mass is 35.5. The number of esters is 1. The average molecular weight is 166 g/mol. The van der Waals surface area contributed by atoms with Crippen LogP contribution < -0.4 is 5.32 Å². The van der Waals surface area contributed by atoms with Crippen molar-refractivity contribution >= 4 is 18.4 Å². The molecule has 1 aliphatic rings. The Bertz CT molecular complexity index is 112. The molecule has 0 aromatic rings. The Morgan fingerprint density at radius 2 is 2.40 bits per heavy atom. The predicted octanol–water partition coefficient (Wildman–Crippen LogP) is 0.681. The molecule has 0 saturated carbocycles. The maximum absolute atomic E-state index is 10.3. The number of carbonyl (C=O) groups excluding carboxylic acids is 1. The van der Waals surface area contributed by atoms with E-state index in [0.717, 1.165) is 19.4 Å². The first kappa shape index (κ1) is 9.72. The third-order valence-corrected chi connectivity index (χ3v) is 1.32. The van der Waals surface area contributed by atoms with Crippen LogP contribution in [0.5, 0.6) is 0 Å². The number of carbonyl (C=O) groups is 1. The van der Waals surface area contributed by atoms with Crippen molar-refractivity contribution in [1.82, 2.24) is 5.32 Å². The summed E-state index contributed by atoms with van der Waals surface area (Å²) in [5.74, 6) is -0.200. The zero-order valence-corrected chi connectivity index (χ0v) is 6.74. The number of hydrogen-bond donors (Lipinski definition) is 1. The SMILES string of the molecule is CC(=O)OC1CCCN1.Cl. The minimum absolute atomic E-state index is 0. The van der Waals surface area contributed by atoms with E-state index in [9.17, 15) is 4.79 Å². The lowest BCUT2D eigenvalue weighted by Crippen LogP contribution is -2.26. The van der Waals surface area contributed by atoms with Crippen molar-refractivity contribution in [3.05, 3.63) is 0 Å². The molecule has 1 fully saturated rings. The Morgan fingerprint density at radius 3 is 2.80 bits per heavy atom. The van der Waals surface area contributed by atoms with Crippen LogP contribution in [-0.4, -0.2) is 18.7 Å². The molecule has 1 atom stereocenters. The Hall–Kier alpha value is -0.280. The molecule has 1 aliphatic heterocycles. The number of rotatable bonds is 1. The maximum Gasteiger partial charge on any atom is 0.304 e. The first-order chi connectivity index (χ1) is 4.29. The van der Waals surface area contributed by atoms with Gasteiger partial charge in [-0.15, -0.1) is 12.4 Å². The van der Waals surface area contributed by atoms with E-state index in [-0.39, 0.29) is 24.6 Å². The van der Waals surface area contributed by atoms with Gasteiger partial charge >= 0.3 is 5.97 Å². The molecule has 4 heteroatoms. The van der Waals surface area contributed by atoms with Gasteiger partial charge in [-0.05, 0) is 19.4 Å². The second-order valence-corrected chi connectivity index (χ2v) is 2.19. The van der Waals surface area contributed by atoms with Gasteiger partial charge in [-0.1, -0.05) is 0 Å². The van der Waals surface area contributed by atoms with E-state index in [2.05, 4.69) is 5.32 Å². The van der Waals surface area contributed by atoms with E-state index < -0.39 is 0 Å². The molecule has 0 bridgehead atoms. The van der Waals surface area contributed by atoms with Crippen LogP contribution >= 0.6 is 12.4 Å². The molecule has 1 N–H and O–H groups in total. The molecule has 0 spiro atoms. The average Bonchev–Trinajstić information content (AvgIpc) is 2.15. The third kappa shape index (κ3) is 3.03. The van der Waals surface area contributed by atoms with Crippen molar-refractivity contribution in [2.24, 2.45) is 0 Å².